The summed E-state index contributed by atoms with van der Waals surface area (Å²) in [5.41, 5.74) is 3.21. The van der Waals surface area contributed by atoms with Crippen LogP contribution in [0.2, 0.25) is 0 Å². The molecule has 3 aromatic rings. The van der Waals surface area contributed by atoms with Gasteiger partial charge < -0.3 is 4.90 Å². The van der Waals surface area contributed by atoms with Gasteiger partial charge >= 0.3 is 0 Å². The highest BCUT2D eigenvalue weighted by molar-refractivity contribution is 7.09. The van der Waals surface area contributed by atoms with Crippen LogP contribution >= 0.6 is 11.3 Å². The lowest BCUT2D eigenvalue weighted by Crippen LogP contribution is -2.25. The number of pyridine rings is 1. The van der Waals surface area contributed by atoms with E-state index >= 15 is 0 Å². The van der Waals surface area contributed by atoms with Gasteiger partial charge in [0.1, 0.15) is 5.82 Å². The number of benzene rings is 1. The number of anilines is 2. The maximum absolute atomic E-state index is 11.2. The van der Waals surface area contributed by atoms with E-state index in [9.17, 15) is 10.1 Å². The van der Waals surface area contributed by atoms with Crippen molar-refractivity contribution < 1.29 is 4.92 Å². The van der Waals surface area contributed by atoms with E-state index < -0.39 is 0 Å². The van der Waals surface area contributed by atoms with Crippen LogP contribution in [0.1, 0.15) is 23.4 Å². The van der Waals surface area contributed by atoms with Gasteiger partial charge in [-0.3, -0.25) is 10.1 Å². The largest absolute Gasteiger partial charge is 0.322 e. The smallest absolute Gasteiger partial charge is 0.271 e. The number of nitro groups is 1. The molecule has 4 rings (SSSR count). The van der Waals surface area contributed by atoms with Crippen LogP contribution in [-0.2, 0) is 6.42 Å². The predicted molar refractivity (Wildman–Crippen MR) is 107 cm³/mol. The molecule has 0 N–H and O–H groups in total. The number of hydrogen-bond donors (Lipinski definition) is 0. The minimum atomic E-state index is -0.364. The highest BCUT2D eigenvalue weighted by Gasteiger charge is 2.21. The fourth-order valence-electron chi connectivity index (χ4n) is 3.27. The molecule has 0 fully saturated rings. The van der Waals surface area contributed by atoms with Crippen LogP contribution in [0.15, 0.2) is 59.7 Å². The topological polar surface area (TPSA) is 72.2 Å². The van der Waals surface area contributed by atoms with Crippen molar-refractivity contribution in [1.82, 2.24) is 9.97 Å². The van der Waals surface area contributed by atoms with E-state index in [0.29, 0.717) is 6.54 Å². The molecule has 1 aromatic carbocycles. The zero-order chi connectivity index (χ0) is 18.6. The zero-order valence-corrected chi connectivity index (χ0v) is 15.4. The van der Waals surface area contributed by atoms with Crippen LogP contribution in [0, 0.1) is 10.1 Å². The number of rotatable bonds is 6. The molecule has 1 aliphatic rings. The zero-order valence-electron chi connectivity index (χ0n) is 14.6. The van der Waals surface area contributed by atoms with Gasteiger partial charge in [-0.1, -0.05) is 12.1 Å². The first-order valence-electron chi connectivity index (χ1n) is 8.75. The van der Waals surface area contributed by atoms with Crippen LogP contribution in [-0.4, -0.2) is 21.4 Å². The van der Waals surface area contributed by atoms with Crippen LogP contribution in [0.3, 0.4) is 0 Å². The average molecular weight is 378 g/mol. The molecule has 0 unspecified atom stereocenters. The molecule has 0 saturated heterocycles. The molecule has 0 atom stereocenters. The highest BCUT2D eigenvalue weighted by Crippen LogP contribution is 2.35. The minimum absolute atomic E-state index is 0.0878. The van der Waals surface area contributed by atoms with E-state index in [-0.39, 0.29) is 10.6 Å². The fourth-order valence-corrected chi connectivity index (χ4v) is 3.94. The van der Waals surface area contributed by atoms with Gasteiger partial charge in [-0.25, -0.2) is 9.97 Å². The van der Waals surface area contributed by atoms with E-state index in [2.05, 4.69) is 20.9 Å². The Kier molecular flexibility index (Phi) is 4.93. The minimum Gasteiger partial charge on any atom is -0.322 e. The first-order chi connectivity index (χ1) is 13.2. The monoisotopic (exact) mass is 378 g/mol. The maximum atomic E-state index is 11.2. The SMILES string of the molecule is O=[N+]([O-])c1cccc(N2CC(CCCc3nccs3)=Cc3cccnc32)c1. The van der Waals surface area contributed by atoms with Crippen molar-refractivity contribution in [2.75, 3.05) is 11.4 Å². The highest BCUT2D eigenvalue weighted by atomic mass is 32.1. The molecule has 27 heavy (non-hydrogen) atoms. The summed E-state index contributed by atoms with van der Waals surface area (Å²) >= 11 is 1.68. The summed E-state index contributed by atoms with van der Waals surface area (Å²) in [6.07, 6.45) is 8.73. The molecule has 0 saturated carbocycles. The molecule has 0 aliphatic carbocycles. The predicted octanol–water partition coefficient (Wildman–Crippen LogP) is 5.00. The van der Waals surface area contributed by atoms with Gasteiger partial charge in [-0.2, -0.15) is 0 Å². The molecule has 0 radical (unpaired) electrons. The van der Waals surface area contributed by atoms with Gasteiger partial charge in [0.25, 0.3) is 5.69 Å². The molecule has 6 nitrogen and oxygen atoms in total. The van der Waals surface area contributed by atoms with Crippen LogP contribution in [0.25, 0.3) is 6.08 Å². The third-order valence-electron chi connectivity index (χ3n) is 4.52. The first-order valence-corrected chi connectivity index (χ1v) is 9.63. The Morgan fingerprint density at radius 1 is 1.15 bits per heavy atom. The molecule has 0 bridgehead atoms. The van der Waals surface area contributed by atoms with Crippen molar-refractivity contribution in [3.63, 3.8) is 0 Å². The van der Waals surface area contributed by atoms with E-state index in [4.69, 9.17) is 0 Å². The van der Waals surface area contributed by atoms with Crippen LogP contribution in [0.5, 0.6) is 0 Å². The van der Waals surface area contributed by atoms with Gasteiger partial charge in [-0.15, -0.1) is 11.3 Å². The number of non-ortho nitro benzene ring substituents is 1. The summed E-state index contributed by atoms with van der Waals surface area (Å²) in [5.74, 6) is 0.835. The summed E-state index contributed by atoms with van der Waals surface area (Å²) in [5, 5.41) is 14.3. The van der Waals surface area contributed by atoms with E-state index in [1.54, 1.807) is 29.7 Å². The van der Waals surface area contributed by atoms with Crippen molar-refractivity contribution in [3.8, 4) is 0 Å². The number of nitro benzene ring substituents is 1. The Hall–Kier alpha value is -3.06. The Morgan fingerprint density at radius 3 is 2.89 bits per heavy atom. The Balaban J connectivity index is 1.58. The number of aryl methyl sites for hydroxylation is 1. The number of hydrogen-bond acceptors (Lipinski definition) is 6. The molecule has 7 heteroatoms. The van der Waals surface area contributed by atoms with Crippen molar-refractivity contribution in [3.05, 3.63) is 80.4 Å². The van der Waals surface area contributed by atoms with Crippen molar-refractivity contribution in [2.24, 2.45) is 0 Å². The van der Waals surface area contributed by atoms with Gasteiger partial charge in [0, 0.05) is 47.7 Å². The summed E-state index contributed by atoms with van der Waals surface area (Å²) in [6.45, 7) is 0.684. The second-order valence-corrected chi connectivity index (χ2v) is 7.34. The Morgan fingerprint density at radius 2 is 2.07 bits per heavy atom. The van der Waals surface area contributed by atoms with Crippen molar-refractivity contribution in [1.29, 1.82) is 0 Å². The fraction of sp³-hybridized carbons (Fsp3) is 0.200. The molecule has 136 valence electrons. The molecular weight excluding hydrogens is 360 g/mol. The van der Waals surface area contributed by atoms with Gasteiger partial charge in [-0.05, 0) is 43.0 Å². The molecule has 0 amide bonds. The first kappa shape index (κ1) is 17.4. The maximum Gasteiger partial charge on any atom is 0.271 e. The number of aromatic nitrogens is 2. The van der Waals surface area contributed by atoms with E-state index in [0.717, 1.165) is 41.3 Å². The molecule has 3 heterocycles. The van der Waals surface area contributed by atoms with Gasteiger partial charge in [0.15, 0.2) is 0 Å². The third-order valence-corrected chi connectivity index (χ3v) is 5.36. The lowest BCUT2D eigenvalue weighted by atomic mass is 10.0. The Labute approximate surface area is 161 Å². The quantitative estimate of drug-likeness (QED) is 0.446. The third kappa shape index (κ3) is 3.88. The second-order valence-electron chi connectivity index (χ2n) is 6.36. The lowest BCUT2D eigenvalue weighted by Gasteiger charge is -2.30. The second kappa shape index (κ2) is 7.67. The summed E-state index contributed by atoms with van der Waals surface area (Å²) in [6, 6.07) is 10.7. The van der Waals surface area contributed by atoms with Gasteiger partial charge in [0.2, 0.25) is 0 Å². The average Bonchev–Trinajstić information content (AvgIpc) is 3.21. The van der Waals surface area contributed by atoms with Crippen LogP contribution in [0.4, 0.5) is 17.2 Å². The van der Waals surface area contributed by atoms with Crippen LogP contribution < -0.4 is 4.90 Å². The molecule has 0 spiro atoms. The van der Waals surface area contributed by atoms with Crippen molar-refractivity contribution >= 4 is 34.6 Å². The number of fused-ring (bicyclic) bond motifs is 1. The summed E-state index contributed by atoms with van der Waals surface area (Å²) < 4.78 is 0. The summed E-state index contributed by atoms with van der Waals surface area (Å²) in [4.78, 5) is 21.7. The van der Waals surface area contributed by atoms with Crippen molar-refractivity contribution in [2.45, 2.75) is 19.3 Å². The molecule has 2 aromatic heterocycles. The van der Waals surface area contributed by atoms with Gasteiger partial charge in [0.05, 0.1) is 9.93 Å². The normalized spacial score (nSPS) is 13.2. The Bertz CT molecular complexity index is 985. The number of nitrogens with zero attached hydrogens (tertiary/aromatic N) is 4. The number of thiazole rings is 1. The lowest BCUT2D eigenvalue weighted by molar-refractivity contribution is -0.384. The van der Waals surface area contributed by atoms with E-state index in [1.165, 1.54) is 11.6 Å². The van der Waals surface area contributed by atoms with E-state index in [1.807, 2.05) is 29.8 Å². The summed E-state index contributed by atoms with van der Waals surface area (Å²) in [7, 11) is 0. The molecule has 1 aliphatic heterocycles. The standard InChI is InChI=1S/C20H18N4O2S/c25-24(26)18-7-2-6-17(13-18)23-14-15(4-1-8-19-21-10-11-27-19)12-16-5-3-9-22-20(16)23/h2-3,5-7,9-13H,1,4,8,14H2. The molecular formula is C20H18N4O2S.